The lowest BCUT2D eigenvalue weighted by molar-refractivity contribution is 0.562. The van der Waals surface area contributed by atoms with Crippen LogP contribution in [0.3, 0.4) is 0 Å². The van der Waals surface area contributed by atoms with Gasteiger partial charge in [-0.3, -0.25) is 0 Å². The average Bonchev–Trinajstić information content (AvgIpc) is 3.03. The lowest BCUT2D eigenvalue weighted by Gasteiger charge is -2.18. The highest BCUT2D eigenvalue weighted by atomic mass is 35.5. The van der Waals surface area contributed by atoms with Crippen LogP contribution in [0.15, 0.2) is 18.5 Å². The van der Waals surface area contributed by atoms with Gasteiger partial charge in [0.1, 0.15) is 5.52 Å². The molecule has 1 aliphatic heterocycles. The first-order chi connectivity index (χ1) is 9.99. The van der Waals surface area contributed by atoms with Gasteiger partial charge in [0, 0.05) is 36.8 Å². The Labute approximate surface area is 131 Å². The van der Waals surface area contributed by atoms with E-state index in [1.54, 1.807) is 0 Å². The predicted molar refractivity (Wildman–Crippen MR) is 87.3 cm³/mol. The number of halogens is 1. The van der Waals surface area contributed by atoms with Gasteiger partial charge < -0.3 is 4.90 Å². The Morgan fingerprint density at radius 2 is 2.19 bits per heavy atom. The Hall–Kier alpha value is -1.29. The van der Waals surface area contributed by atoms with Gasteiger partial charge in [0.05, 0.1) is 5.69 Å². The molecule has 0 spiro atoms. The summed E-state index contributed by atoms with van der Waals surface area (Å²) in [5, 5.41) is 4.70. The smallest absolute Gasteiger partial charge is 0.154 e. The van der Waals surface area contributed by atoms with Crippen LogP contribution >= 0.6 is 11.6 Å². The predicted octanol–water partition coefficient (Wildman–Crippen LogP) is 3.48. The van der Waals surface area contributed by atoms with E-state index in [1.807, 2.05) is 16.9 Å². The first-order valence-electron chi connectivity index (χ1n) is 7.65. The summed E-state index contributed by atoms with van der Waals surface area (Å²) >= 11 is 5.88. The maximum atomic E-state index is 5.88. The van der Waals surface area contributed by atoms with Crippen LogP contribution in [0.1, 0.15) is 39.3 Å². The molecule has 0 amide bonds. The molecule has 2 aromatic rings. The van der Waals surface area contributed by atoms with Gasteiger partial charge in [-0.1, -0.05) is 20.8 Å². The Bertz CT molecular complexity index is 629. The summed E-state index contributed by atoms with van der Waals surface area (Å²) in [6, 6.07) is 2.18. The van der Waals surface area contributed by atoms with Crippen molar-refractivity contribution in [2.75, 3.05) is 23.9 Å². The van der Waals surface area contributed by atoms with Gasteiger partial charge >= 0.3 is 0 Å². The third-order valence-corrected chi connectivity index (χ3v) is 4.46. The molecule has 1 atom stereocenters. The van der Waals surface area contributed by atoms with Crippen molar-refractivity contribution < 1.29 is 0 Å². The quantitative estimate of drug-likeness (QED) is 0.814. The highest BCUT2D eigenvalue weighted by molar-refractivity contribution is 6.17. The van der Waals surface area contributed by atoms with Gasteiger partial charge in [-0.25, -0.2) is 9.50 Å². The van der Waals surface area contributed by atoms with Gasteiger partial charge in [-0.05, 0) is 24.8 Å². The molecule has 1 unspecified atom stereocenters. The Morgan fingerprint density at radius 3 is 2.90 bits per heavy atom. The topological polar surface area (TPSA) is 33.4 Å². The lowest BCUT2D eigenvalue weighted by atomic mass is 9.92. The van der Waals surface area contributed by atoms with Crippen molar-refractivity contribution in [3.05, 3.63) is 24.2 Å². The summed E-state index contributed by atoms with van der Waals surface area (Å²) in [6.07, 6.45) is 6.07. The van der Waals surface area contributed by atoms with E-state index in [0.717, 1.165) is 42.4 Å². The normalized spacial score (nSPS) is 19.6. The summed E-state index contributed by atoms with van der Waals surface area (Å²) in [5.41, 5.74) is 2.26. The summed E-state index contributed by atoms with van der Waals surface area (Å²) in [6.45, 7) is 8.68. The molecule has 2 aromatic heterocycles. The molecule has 1 saturated heterocycles. The number of hydrogen-bond acceptors (Lipinski definition) is 3. The highest BCUT2D eigenvalue weighted by Crippen LogP contribution is 2.30. The minimum Gasteiger partial charge on any atom is -0.355 e. The molecule has 21 heavy (non-hydrogen) atoms. The molecule has 0 bridgehead atoms. The number of aromatic nitrogens is 3. The molecule has 1 fully saturated rings. The van der Waals surface area contributed by atoms with E-state index in [-0.39, 0.29) is 5.41 Å². The van der Waals surface area contributed by atoms with Crippen molar-refractivity contribution in [3.8, 4) is 0 Å². The van der Waals surface area contributed by atoms with Crippen LogP contribution in [0.25, 0.3) is 5.52 Å². The standard InChI is InChI=1S/C16H23ClN4/c1-16(2,3)14-10-13-15(18-7-9-21(13)19-14)20-8-5-12(11-20)4-6-17/h7,9-10,12H,4-6,8,11H2,1-3H3. The highest BCUT2D eigenvalue weighted by Gasteiger charge is 2.26. The molecule has 0 radical (unpaired) electrons. The fourth-order valence-electron chi connectivity index (χ4n) is 2.93. The molecule has 1 aliphatic rings. The first-order valence-corrected chi connectivity index (χ1v) is 8.18. The maximum absolute atomic E-state index is 5.88. The van der Waals surface area contributed by atoms with Crippen molar-refractivity contribution in [1.82, 2.24) is 14.6 Å². The van der Waals surface area contributed by atoms with Crippen molar-refractivity contribution in [3.63, 3.8) is 0 Å². The molecular formula is C16H23ClN4. The summed E-state index contributed by atoms with van der Waals surface area (Å²) in [7, 11) is 0. The van der Waals surface area contributed by atoms with E-state index in [0.29, 0.717) is 5.92 Å². The number of rotatable bonds is 3. The summed E-state index contributed by atoms with van der Waals surface area (Å²) < 4.78 is 1.96. The zero-order chi connectivity index (χ0) is 15.0. The van der Waals surface area contributed by atoms with E-state index >= 15 is 0 Å². The van der Waals surface area contributed by atoms with Crippen LogP contribution in [-0.4, -0.2) is 33.6 Å². The molecule has 5 heteroatoms. The molecule has 0 aliphatic carbocycles. The second-order valence-corrected chi connectivity index (χ2v) is 7.32. The number of hydrogen-bond donors (Lipinski definition) is 0. The van der Waals surface area contributed by atoms with E-state index in [2.05, 4.69) is 36.7 Å². The minimum absolute atomic E-state index is 0.0511. The van der Waals surface area contributed by atoms with Gasteiger partial charge in [0.25, 0.3) is 0 Å². The number of anilines is 1. The third kappa shape index (κ3) is 2.86. The monoisotopic (exact) mass is 306 g/mol. The van der Waals surface area contributed by atoms with E-state index in [1.165, 1.54) is 6.42 Å². The SMILES string of the molecule is CC(C)(C)c1cc2c(N3CCC(CCCl)C3)nccn2n1. The lowest BCUT2D eigenvalue weighted by Crippen LogP contribution is -2.21. The summed E-state index contributed by atoms with van der Waals surface area (Å²) in [5.74, 6) is 2.49. The van der Waals surface area contributed by atoms with Crippen molar-refractivity contribution >= 4 is 22.9 Å². The molecule has 114 valence electrons. The van der Waals surface area contributed by atoms with Crippen LogP contribution in [0.4, 0.5) is 5.82 Å². The second-order valence-electron chi connectivity index (χ2n) is 6.94. The fraction of sp³-hybridized carbons (Fsp3) is 0.625. The molecule has 3 heterocycles. The van der Waals surface area contributed by atoms with Crippen LogP contribution in [0.5, 0.6) is 0 Å². The van der Waals surface area contributed by atoms with Gasteiger partial charge in [-0.2, -0.15) is 5.10 Å². The van der Waals surface area contributed by atoms with Crippen LogP contribution < -0.4 is 4.90 Å². The largest absolute Gasteiger partial charge is 0.355 e. The second kappa shape index (κ2) is 5.48. The first kappa shape index (κ1) is 14.6. The Kier molecular flexibility index (Phi) is 3.82. The number of alkyl halides is 1. The molecule has 0 aromatic carbocycles. The fourth-order valence-corrected chi connectivity index (χ4v) is 3.24. The van der Waals surface area contributed by atoms with E-state index in [9.17, 15) is 0 Å². The van der Waals surface area contributed by atoms with E-state index < -0.39 is 0 Å². The number of nitrogens with zero attached hydrogens (tertiary/aromatic N) is 4. The summed E-state index contributed by atoms with van der Waals surface area (Å²) in [4.78, 5) is 6.99. The Morgan fingerprint density at radius 1 is 1.38 bits per heavy atom. The third-order valence-electron chi connectivity index (χ3n) is 4.24. The zero-order valence-corrected chi connectivity index (χ0v) is 13.8. The van der Waals surface area contributed by atoms with E-state index in [4.69, 9.17) is 16.7 Å². The van der Waals surface area contributed by atoms with Crippen molar-refractivity contribution in [2.24, 2.45) is 5.92 Å². The minimum atomic E-state index is 0.0511. The molecular weight excluding hydrogens is 284 g/mol. The Balaban J connectivity index is 1.94. The van der Waals surface area contributed by atoms with Crippen molar-refractivity contribution in [2.45, 2.75) is 39.0 Å². The van der Waals surface area contributed by atoms with Crippen molar-refractivity contribution in [1.29, 1.82) is 0 Å². The number of fused-ring (bicyclic) bond motifs is 1. The van der Waals surface area contributed by atoms with Crippen LogP contribution in [-0.2, 0) is 5.41 Å². The van der Waals surface area contributed by atoms with Crippen LogP contribution in [0.2, 0.25) is 0 Å². The molecule has 0 saturated carbocycles. The maximum Gasteiger partial charge on any atom is 0.154 e. The van der Waals surface area contributed by atoms with Gasteiger partial charge in [0.2, 0.25) is 0 Å². The molecule has 4 nitrogen and oxygen atoms in total. The molecule has 0 N–H and O–H groups in total. The van der Waals surface area contributed by atoms with Gasteiger partial charge in [0.15, 0.2) is 5.82 Å². The zero-order valence-electron chi connectivity index (χ0n) is 13.0. The average molecular weight is 307 g/mol. The molecule has 3 rings (SSSR count). The van der Waals surface area contributed by atoms with Gasteiger partial charge in [-0.15, -0.1) is 11.6 Å². The van der Waals surface area contributed by atoms with Crippen LogP contribution in [0, 0.1) is 5.92 Å².